The van der Waals surface area contributed by atoms with Crippen LogP contribution in [0.2, 0.25) is 0 Å². The highest BCUT2D eigenvalue weighted by Gasteiger charge is 2.28. The van der Waals surface area contributed by atoms with E-state index in [1.54, 1.807) is 0 Å². The number of hydrogen-bond acceptors (Lipinski definition) is 4. The Hall–Kier alpha value is -0.490. The van der Waals surface area contributed by atoms with Crippen molar-refractivity contribution >= 4 is 25.8 Å². The van der Waals surface area contributed by atoms with Crippen LogP contribution in [-0.2, 0) is 9.05 Å². The third kappa shape index (κ3) is 2.73. The Morgan fingerprint density at radius 1 is 1.38 bits per heavy atom. The normalized spacial score (nSPS) is 20.2. The van der Waals surface area contributed by atoms with Gasteiger partial charge in [0.15, 0.2) is 0 Å². The van der Waals surface area contributed by atoms with Crippen molar-refractivity contribution in [3.8, 4) is 0 Å². The summed E-state index contributed by atoms with van der Waals surface area (Å²) in [5, 5.41) is 9.72. The molecular formula is C6H9ClNO4S-. The third-order valence-corrected chi connectivity index (χ3v) is 4.12. The second kappa shape index (κ2) is 3.71. The van der Waals surface area contributed by atoms with E-state index in [1.807, 2.05) is 0 Å². The molecule has 0 atom stereocenters. The van der Waals surface area contributed by atoms with Crippen LogP contribution in [0.15, 0.2) is 0 Å². The highest BCUT2D eigenvalue weighted by atomic mass is 35.7. The van der Waals surface area contributed by atoms with Crippen LogP contribution in [0.1, 0.15) is 12.8 Å². The zero-order valence-electron chi connectivity index (χ0n) is 6.77. The molecule has 7 heteroatoms. The maximum absolute atomic E-state index is 10.8. The van der Waals surface area contributed by atoms with Gasteiger partial charge in [-0.3, -0.25) is 0 Å². The van der Waals surface area contributed by atoms with E-state index in [-0.39, 0.29) is 25.9 Å². The first-order valence-electron chi connectivity index (χ1n) is 3.80. The van der Waals surface area contributed by atoms with E-state index < -0.39 is 20.4 Å². The number of piperidine rings is 1. The van der Waals surface area contributed by atoms with Gasteiger partial charge in [0, 0.05) is 23.8 Å². The van der Waals surface area contributed by atoms with Crippen molar-refractivity contribution in [1.82, 2.24) is 4.90 Å². The van der Waals surface area contributed by atoms with E-state index in [9.17, 15) is 18.3 Å². The molecule has 13 heavy (non-hydrogen) atoms. The standard InChI is InChI=1S/C6H10ClNO4S/c7-13(11,12)5-1-3-8(4-2-5)6(9)10/h5H,1-4H2,(H,9,10)/p-1. The molecule has 76 valence electrons. The summed E-state index contributed by atoms with van der Waals surface area (Å²) in [7, 11) is 1.59. The van der Waals surface area contributed by atoms with Gasteiger partial charge in [-0.1, -0.05) is 0 Å². The Kier molecular flexibility index (Phi) is 3.02. The summed E-state index contributed by atoms with van der Waals surface area (Å²) >= 11 is 0. The van der Waals surface area contributed by atoms with Crippen LogP contribution >= 0.6 is 10.7 Å². The summed E-state index contributed by atoms with van der Waals surface area (Å²) in [5.41, 5.74) is 0. The third-order valence-electron chi connectivity index (χ3n) is 2.10. The SMILES string of the molecule is O=C([O-])N1CCC(S(=O)(=O)Cl)CC1. The number of hydrogen-bond donors (Lipinski definition) is 0. The molecule has 0 aromatic heterocycles. The Labute approximate surface area is 80.7 Å². The van der Waals surface area contributed by atoms with Crippen LogP contribution < -0.4 is 5.11 Å². The molecular weight excluding hydrogens is 218 g/mol. The van der Waals surface area contributed by atoms with E-state index in [2.05, 4.69) is 0 Å². The smallest absolute Gasteiger partial charge is 0.235 e. The summed E-state index contributed by atoms with van der Waals surface area (Å²) in [5.74, 6) is 0. The summed E-state index contributed by atoms with van der Waals surface area (Å²) in [4.78, 5) is 11.4. The second-order valence-electron chi connectivity index (χ2n) is 2.93. The lowest BCUT2D eigenvalue weighted by atomic mass is 10.1. The minimum atomic E-state index is -3.54. The lowest BCUT2D eigenvalue weighted by Crippen LogP contribution is -2.47. The molecule has 0 aromatic rings. The molecule has 0 aliphatic carbocycles. The summed E-state index contributed by atoms with van der Waals surface area (Å²) < 4.78 is 21.7. The van der Waals surface area contributed by atoms with Crippen LogP contribution in [0, 0.1) is 0 Å². The molecule has 1 aliphatic rings. The van der Waals surface area contributed by atoms with Crippen LogP contribution in [0.3, 0.4) is 0 Å². The number of halogens is 1. The van der Waals surface area contributed by atoms with Gasteiger partial charge >= 0.3 is 0 Å². The molecule has 1 aliphatic heterocycles. The van der Waals surface area contributed by atoms with Gasteiger partial charge in [-0.2, -0.15) is 0 Å². The van der Waals surface area contributed by atoms with E-state index in [4.69, 9.17) is 10.7 Å². The number of carbonyl (C=O) groups is 1. The van der Waals surface area contributed by atoms with Gasteiger partial charge in [0.2, 0.25) is 9.05 Å². The minimum Gasteiger partial charge on any atom is -0.530 e. The van der Waals surface area contributed by atoms with Crippen molar-refractivity contribution in [1.29, 1.82) is 0 Å². The van der Waals surface area contributed by atoms with Crippen molar-refractivity contribution in [2.75, 3.05) is 13.1 Å². The van der Waals surface area contributed by atoms with Crippen LogP contribution in [0.25, 0.3) is 0 Å². The fraction of sp³-hybridized carbons (Fsp3) is 0.833. The Balaban J connectivity index is 2.53. The predicted octanol–water partition coefficient (Wildman–Crippen LogP) is -0.637. The maximum atomic E-state index is 10.8. The lowest BCUT2D eigenvalue weighted by Gasteiger charge is -2.32. The van der Waals surface area contributed by atoms with Crippen molar-refractivity contribution in [3.63, 3.8) is 0 Å². The fourth-order valence-corrected chi connectivity index (χ4v) is 2.63. The average Bonchev–Trinajstić information content (AvgIpc) is 2.03. The minimum absolute atomic E-state index is 0.180. The van der Waals surface area contributed by atoms with Gasteiger partial charge in [-0.25, -0.2) is 8.42 Å². The first kappa shape index (κ1) is 10.6. The first-order valence-corrected chi connectivity index (χ1v) is 6.18. The number of nitrogens with zero attached hydrogens (tertiary/aromatic N) is 1. The monoisotopic (exact) mass is 226 g/mol. The second-order valence-corrected chi connectivity index (χ2v) is 5.84. The van der Waals surface area contributed by atoms with E-state index in [0.717, 1.165) is 4.90 Å². The van der Waals surface area contributed by atoms with Crippen LogP contribution in [0.5, 0.6) is 0 Å². The number of carboxylic acid groups (broad SMARTS) is 1. The fourth-order valence-electron chi connectivity index (χ4n) is 1.32. The van der Waals surface area contributed by atoms with Crippen molar-refractivity contribution in [3.05, 3.63) is 0 Å². The van der Waals surface area contributed by atoms with Gasteiger partial charge in [0.05, 0.1) is 5.25 Å². The Morgan fingerprint density at radius 3 is 2.15 bits per heavy atom. The van der Waals surface area contributed by atoms with Gasteiger partial charge in [0.25, 0.3) is 0 Å². The molecule has 1 fully saturated rings. The van der Waals surface area contributed by atoms with Gasteiger partial charge < -0.3 is 14.8 Å². The van der Waals surface area contributed by atoms with Gasteiger partial charge in [0.1, 0.15) is 6.09 Å². The molecule has 0 saturated carbocycles. The molecule has 0 radical (unpaired) electrons. The van der Waals surface area contributed by atoms with E-state index in [1.165, 1.54) is 0 Å². The highest BCUT2D eigenvalue weighted by Crippen LogP contribution is 2.20. The molecule has 0 bridgehead atoms. The quantitative estimate of drug-likeness (QED) is 0.558. The van der Waals surface area contributed by atoms with E-state index in [0.29, 0.717) is 0 Å². The number of carbonyl (C=O) groups excluding carboxylic acids is 1. The molecule has 5 nitrogen and oxygen atoms in total. The number of rotatable bonds is 1. The summed E-state index contributed by atoms with van der Waals surface area (Å²) in [6, 6.07) is 0. The van der Waals surface area contributed by atoms with Crippen LogP contribution in [-0.4, -0.2) is 37.8 Å². The number of amides is 1. The first-order chi connectivity index (χ1) is 5.91. The average molecular weight is 227 g/mol. The largest absolute Gasteiger partial charge is 0.530 e. The Bertz CT molecular complexity index is 294. The molecule has 0 unspecified atom stereocenters. The zero-order chi connectivity index (χ0) is 10.1. The maximum Gasteiger partial charge on any atom is 0.235 e. The molecule has 1 rings (SSSR count). The van der Waals surface area contributed by atoms with Gasteiger partial charge in [-0.05, 0) is 12.8 Å². The molecule has 1 saturated heterocycles. The van der Waals surface area contributed by atoms with Crippen molar-refractivity contribution in [2.24, 2.45) is 0 Å². The molecule has 0 aromatic carbocycles. The predicted molar refractivity (Wildman–Crippen MR) is 44.8 cm³/mol. The highest BCUT2D eigenvalue weighted by molar-refractivity contribution is 8.14. The molecule has 0 N–H and O–H groups in total. The molecule has 0 spiro atoms. The van der Waals surface area contributed by atoms with E-state index >= 15 is 0 Å². The lowest BCUT2D eigenvalue weighted by molar-refractivity contribution is -0.266. The number of likely N-dealkylation sites (tertiary alicyclic amines) is 1. The topological polar surface area (TPSA) is 77.5 Å². The van der Waals surface area contributed by atoms with Crippen molar-refractivity contribution < 1.29 is 18.3 Å². The molecule has 1 amide bonds. The summed E-state index contributed by atoms with van der Waals surface area (Å²) in [6.07, 6.45) is -0.759. The summed E-state index contributed by atoms with van der Waals surface area (Å²) in [6.45, 7) is 0.359. The van der Waals surface area contributed by atoms with Gasteiger partial charge in [-0.15, -0.1) is 0 Å². The zero-order valence-corrected chi connectivity index (χ0v) is 8.34. The van der Waals surface area contributed by atoms with Crippen molar-refractivity contribution in [2.45, 2.75) is 18.1 Å². The molecule has 1 heterocycles. The van der Waals surface area contributed by atoms with Crippen LogP contribution in [0.4, 0.5) is 4.79 Å². The Morgan fingerprint density at radius 2 is 1.85 bits per heavy atom.